The van der Waals surface area contributed by atoms with Crippen LogP contribution in [0.5, 0.6) is 0 Å². The van der Waals surface area contributed by atoms with E-state index in [2.05, 4.69) is 20.3 Å². The van der Waals surface area contributed by atoms with Crippen molar-refractivity contribution >= 4 is 16.9 Å². The minimum absolute atomic E-state index is 0.103. The fraction of sp³-hybridized carbons (Fsp3) is 0.278. The van der Waals surface area contributed by atoms with Crippen molar-refractivity contribution in [1.82, 2.24) is 24.8 Å². The van der Waals surface area contributed by atoms with E-state index in [0.29, 0.717) is 23.3 Å². The van der Waals surface area contributed by atoms with Gasteiger partial charge in [0.15, 0.2) is 0 Å². The van der Waals surface area contributed by atoms with Crippen LogP contribution in [-0.4, -0.2) is 25.4 Å². The molecule has 1 N–H and O–H groups in total. The number of carbonyl (C=O) groups excluding carboxylic acids is 1. The lowest BCUT2D eigenvalue weighted by atomic mass is 10.1. The van der Waals surface area contributed by atoms with Gasteiger partial charge >= 0.3 is 0 Å². The highest BCUT2D eigenvalue weighted by Gasteiger charge is 2.16. The Morgan fingerprint density at radius 3 is 2.72 bits per heavy atom. The maximum atomic E-state index is 12.7. The van der Waals surface area contributed by atoms with E-state index in [1.54, 1.807) is 24.4 Å². The van der Waals surface area contributed by atoms with Crippen molar-refractivity contribution in [3.8, 4) is 0 Å². The topological polar surface area (TPSA) is 89.8 Å². The largest absolute Gasteiger partial charge is 0.346 e. The second-order valence-electron chi connectivity index (χ2n) is 5.82. The van der Waals surface area contributed by atoms with Crippen LogP contribution in [-0.2, 0) is 13.1 Å². The predicted octanol–water partition coefficient (Wildman–Crippen LogP) is 1.75. The Bertz CT molecular complexity index is 1010. The van der Waals surface area contributed by atoms with Crippen LogP contribution in [0.4, 0.5) is 0 Å². The molecule has 0 atom stereocenters. The number of nitrogens with one attached hydrogen (secondary N) is 1. The Kier molecular flexibility index (Phi) is 4.56. The van der Waals surface area contributed by atoms with Crippen LogP contribution in [0.1, 0.15) is 34.4 Å². The van der Waals surface area contributed by atoms with Crippen molar-refractivity contribution < 1.29 is 4.79 Å². The van der Waals surface area contributed by atoms with Gasteiger partial charge < -0.3 is 9.88 Å². The van der Waals surface area contributed by atoms with E-state index < -0.39 is 5.91 Å². The number of hydrogen-bond donors (Lipinski definition) is 1. The molecule has 0 aliphatic heterocycles. The summed E-state index contributed by atoms with van der Waals surface area (Å²) >= 11 is 0. The number of hydrogen-bond acceptors (Lipinski definition) is 5. The highest BCUT2D eigenvalue weighted by atomic mass is 16.2. The van der Waals surface area contributed by atoms with Crippen molar-refractivity contribution in [3.63, 3.8) is 0 Å². The molecule has 0 spiro atoms. The number of fused-ring (bicyclic) bond motifs is 1. The highest BCUT2D eigenvalue weighted by molar-refractivity contribution is 5.96. The Balaban J connectivity index is 1.95. The fourth-order valence-corrected chi connectivity index (χ4v) is 2.64. The second-order valence-corrected chi connectivity index (χ2v) is 5.82. The zero-order valence-corrected chi connectivity index (χ0v) is 14.4. The van der Waals surface area contributed by atoms with Gasteiger partial charge in [0.1, 0.15) is 17.5 Å². The van der Waals surface area contributed by atoms with Gasteiger partial charge in [0.25, 0.3) is 5.91 Å². The normalized spacial score (nSPS) is 10.8. The maximum Gasteiger partial charge on any atom is 0.257 e. The quantitative estimate of drug-likeness (QED) is 0.783. The summed E-state index contributed by atoms with van der Waals surface area (Å²) in [5.74, 6) is -0.425. The molecule has 7 nitrogen and oxygen atoms in total. The van der Waals surface area contributed by atoms with Crippen LogP contribution >= 0.6 is 0 Å². The molecule has 3 aromatic heterocycles. The van der Waals surface area contributed by atoms with E-state index in [1.807, 2.05) is 25.3 Å². The molecule has 0 saturated carbocycles. The van der Waals surface area contributed by atoms with Gasteiger partial charge in [-0.1, -0.05) is 0 Å². The molecule has 0 fully saturated rings. The van der Waals surface area contributed by atoms with Crippen LogP contribution < -0.4 is 10.7 Å². The summed E-state index contributed by atoms with van der Waals surface area (Å²) in [6.07, 6.45) is 3.02. The first-order valence-corrected chi connectivity index (χ1v) is 8.06. The summed E-state index contributed by atoms with van der Waals surface area (Å²) in [5, 5.41) is 3.19. The molecule has 1 amide bonds. The average Bonchev–Trinajstić information content (AvgIpc) is 2.60. The molecule has 0 radical (unpaired) electrons. The SMILES string of the molecule is CCn1cc(C(=O)NCc2cc(C)ncn2)c(=O)c2ccc(C)nc21. The zero-order chi connectivity index (χ0) is 18.0. The van der Waals surface area contributed by atoms with Gasteiger partial charge in [-0.25, -0.2) is 15.0 Å². The molecule has 25 heavy (non-hydrogen) atoms. The average molecular weight is 337 g/mol. The van der Waals surface area contributed by atoms with Gasteiger partial charge in [0.2, 0.25) is 5.43 Å². The lowest BCUT2D eigenvalue weighted by molar-refractivity contribution is 0.0948. The molecule has 0 unspecified atom stereocenters. The molecule has 0 saturated heterocycles. The lowest BCUT2D eigenvalue weighted by Gasteiger charge is -2.11. The molecule has 0 aromatic carbocycles. The van der Waals surface area contributed by atoms with Gasteiger partial charge in [-0.3, -0.25) is 9.59 Å². The Labute approximate surface area is 144 Å². The van der Waals surface area contributed by atoms with Crippen LogP contribution in [0.15, 0.2) is 35.5 Å². The molecule has 0 aliphatic rings. The first kappa shape index (κ1) is 16.8. The molecule has 7 heteroatoms. The van der Waals surface area contributed by atoms with Crippen LogP contribution in [0.2, 0.25) is 0 Å². The first-order chi connectivity index (χ1) is 12.0. The highest BCUT2D eigenvalue weighted by Crippen LogP contribution is 2.11. The molecular weight excluding hydrogens is 318 g/mol. The lowest BCUT2D eigenvalue weighted by Crippen LogP contribution is -2.30. The molecule has 3 aromatic rings. The molecule has 0 aliphatic carbocycles. The van der Waals surface area contributed by atoms with Gasteiger partial charge in [0, 0.05) is 24.1 Å². The first-order valence-electron chi connectivity index (χ1n) is 8.06. The van der Waals surface area contributed by atoms with Crippen molar-refractivity contribution in [3.05, 3.63) is 63.6 Å². The number of rotatable bonds is 4. The third kappa shape index (κ3) is 3.40. The molecule has 128 valence electrons. The molecule has 0 bridgehead atoms. The fourth-order valence-electron chi connectivity index (χ4n) is 2.64. The minimum atomic E-state index is -0.425. The van der Waals surface area contributed by atoms with Gasteiger partial charge in [-0.15, -0.1) is 0 Å². The summed E-state index contributed by atoms with van der Waals surface area (Å²) in [4.78, 5) is 37.7. The number of aryl methyl sites for hydroxylation is 3. The Morgan fingerprint density at radius 1 is 1.20 bits per heavy atom. The van der Waals surface area contributed by atoms with Gasteiger partial charge in [-0.2, -0.15) is 0 Å². The third-order valence-electron chi connectivity index (χ3n) is 3.94. The van der Waals surface area contributed by atoms with E-state index in [-0.39, 0.29) is 17.5 Å². The molecule has 3 heterocycles. The van der Waals surface area contributed by atoms with Gasteiger partial charge in [0.05, 0.1) is 17.6 Å². The van der Waals surface area contributed by atoms with Crippen molar-refractivity contribution in [1.29, 1.82) is 0 Å². The van der Waals surface area contributed by atoms with Crippen LogP contribution in [0.3, 0.4) is 0 Å². The van der Waals surface area contributed by atoms with E-state index in [0.717, 1.165) is 11.4 Å². The van der Waals surface area contributed by atoms with E-state index >= 15 is 0 Å². The van der Waals surface area contributed by atoms with E-state index in [9.17, 15) is 9.59 Å². The second kappa shape index (κ2) is 6.80. The standard InChI is InChI=1S/C18H19N5O2/c1-4-23-9-15(16(24)14-6-5-11(2)22-17(14)23)18(25)19-8-13-7-12(3)20-10-21-13/h5-7,9-10H,4,8H2,1-3H3,(H,19,25). The summed E-state index contributed by atoms with van der Waals surface area (Å²) in [5.41, 5.74) is 2.71. The Morgan fingerprint density at radius 2 is 2.00 bits per heavy atom. The number of pyridine rings is 2. The van der Waals surface area contributed by atoms with E-state index in [4.69, 9.17) is 0 Å². The number of aromatic nitrogens is 4. The minimum Gasteiger partial charge on any atom is -0.346 e. The predicted molar refractivity (Wildman–Crippen MR) is 94.4 cm³/mol. The smallest absolute Gasteiger partial charge is 0.257 e. The summed E-state index contributed by atoms with van der Waals surface area (Å²) < 4.78 is 1.81. The zero-order valence-electron chi connectivity index (χ0n) is 14.4. The van der Waals surface area contributed by atoms with Crippen LogP contribution in [0, 0.1) is 13.8 Å². The van der Waals surface area contributed by atoms with Gasteiger partial charge in [-0.05, 0) is 39.0 Å². The summed E-state index contributed by atoms with van der Waals surface area (Å²) in [6, 6.07) is 5.28. The van der Waals surface area contributed by atoms with E-state index in [1.165, 1.54) is 6.33 Å². The molecule has 3 rings (SSSR count). The maximum absolute atomic E-state index is 12.7. The third-order valence-corrected chi connectivity index (χ3v) is 3.94. The summed E-state index contributed by atoms with van der Waals surface area (Å²) in [7, 11) is 0. The number of nitrogens with zero attached hydrogens (tertiary/aromatic N) is 4. The number of carbonyl (C=O) groups is 1. The van der Waals surface area contributed by atoms with Crippen molar-refractivity contribution in [2.75, 3.05) is 0 Å². The monoisotopic (exact) mass is 337 g/mol. The molecular formula is C18H19N5O2. The van der Waals surface area contributed by atoms with Crippen molar-refractivity contribution in [2.45, 2.75) is 33.9 Å². The van der Waals surface area contributed by atoms with Crippen LogP contribution in [0.25, 0.3) is 11.0 Å². The number of amides is 1. The van der Waals surface area contributed by atoms with Crippen molar-refractivity contribution in [2.24, 2.45) is 0 Å². The Hall–Kier alpha value is -3.09. The summed E-state index contributed by atoms with van der Waals surface area (Å²) in [6.45, 7) is 6.51.